The Morgan fingerprint density at radius 2 is 1.61 bits per heavy atom. The van der Waals surface area contributed by atoms with E-state index in [-0.39, 0.29) is 0 Å². The van der Waals surface area contributed by atoms with Crippen molar-refractivity contribution < 1.29 is 0 Å². The van der Waals surface area contributed by atoms with Crippen LogP contribution in [-0.2, 0) is 0 Å². The normalized spacial score (nSPS) is 11.1. The summed E-state index contributed by atoms with van der Waals surface area (Å²) in [5.74, 6) is 1.18. The summed E-state index contributed by atoms with van der Waals surface area (Å²) < 4.78 is 0. The van der Waals surface area contributed by atoms with Crippen molar-refractivity contribution >= 4 is 25.8 Å². The lowest BCUT2D eigenvalue weighted by atomic mass is 10.3. The molecule has 0 aliphatic rings. The second kappa shape index (κ2) is 5.13. The van der Waals surface area contributed by atoms with E-state index in [2.05, 4.69) is 44.9 Å². The van der Waals surface area contributed by atoms with Gasteiger partial charge >= 0.3 is 0 Å². The monoisotopic (exact) mass is 259 g/mol. The summed E-state index contributed by atoms with van der Waals surface area (Å²) in [7, 11) is -1.44. The first-order valence-electron chi connectivity index (χ1n) is 5.82. The van der Waals surface area contributed by atoms with Gasteiger partial charge in [-0.25, -0.2) is 9.97 Å². The van der Waals surface area contributed by atoms with Crippen LogP contribution in [0.1, 0.15) is 0 Å². The smallest absolute Gasteiger partial charge is 0.231 e. The molecule has 0 radical (unpaired) electrons. The van der Waals surface area contributed by atoms with Crippen molar-refractivity contribution in [2.45, 2.75) is 19.6 Å². The van der Waals surface area contributed by atoms with Crippen LogP contribution < -0.4 is 10.3 Å². The van der Waals surface area contributed by atoms with Crippen LogP contribution in [0.2, 0.25) is 19.6 Å². The van der Waals surface area contributed by atoms with Crippen LogP contribution >= 0.6 is 0 Å². The van der Waals surface area contributed by atoms with Gasteiger partial charge in [0.25, 0.3) is 0 Å². The van der Waals surface area contributed by atoms with Crippen molar-refractivity contribution in [3.63, 3.8) is 0 Å². The minimum absolute atomic E-state index is 0.553. The summed E-state index contributed by atoms with van der Waals surface area (Å²) in [6.45, 7) is 6.59. The minimum atomic E-state index is -1.44. The number of nitrogens with one attached hydrogen (secondary N) is 2. The van der Waals surface area contributed by atoms with E-state index >= 15 is 0 Å². The van der Waals surface area contributed by atoms with Crippen LogP contribution in [0.15, 0.2) is 36.7 Å². The van der Waals surface area contributed by atoms with Gasteiger partial charge < -0.3 is 10.3 Å². The minimum Gasteiger partial charge on any atom is -0.380 e. The lowest BCUT2D eigenvalue weighted by Crippen LogP contribution is -2.33. The molecule has 5 nitrogen and oxygen atoms in total. The Hall–Kier alpha value is -1.95. The molecule has 0 unspecified atom stereocenters. The molecular formula is C12H17N5Si. The lowest BCUT2D eigenvalue weighted by molar-refractivity contribution is 1.06. The number of aromatic nitrogens is 3. The number of rotatable bonds is 4. The molecule has 2 aromatic rings. The zero-order valence-electron chi connectivity index (χ0n) is 10.8. The number of anilines is 3. The molecule has 94 valence electrons. The molecule has 0 aliphatic heterocycles. The van der Waals surface area contributed by atoms with E-state index in [0.717, 1.165) is 5.69 Å². The van der Waals surface area contributed by atoms with Crippen molar-refractivity contribution in [1.82, 2.24) is 15.0 Å². The van der Waals surface area contributed by atoms with Gasteiger partial charge in [0, 0.05) is 5.69 Å². The SMILES string of the molecule is C[Si](C)(C)Nc1ncnc(Nc2ccccc2)n1. The van der Waals surface area contributed by atoms with Crippen LogP contribution in [0.3, 0.4) is 0 Å². The molecule has 1 heterocycles. The third kappa shape index (κ3) is 3.81. The highest BCUT2D eigenvalue weighted by Crippen LogP contribution is 2.13. The van der Waals surface area contributed by atoms with Crippen molar-refractivity contribution in [2.24, 2.45) is 0 Å². The van der Waals surface area contributed by atoms with Crippen LogP contribution in [0.5, 0.6) is 0 Å². The Kier molecular flexibility index (Phi) is 3.57. The molecule has 6 heteroatoms. The van der Waals surface area contributed by atoms with Crippen LogP contribution in [0.25, 0.3) is 0 Å². The second-order valence-electron chi connectivity index (χ2n) is 5.00. The van der Waals surface area contributed by atoms with Crippen LogP contribution in [-0.4, -0.2) is 23.2 Å². The van der Waals surface area contributed by atoms with Crippen molar-refractivity contribution in [3.05, 3.63) is 36.7 Å². The van der Waals surface area contributed by atoms with E-state index in [0.29, 0.717) is 11.9 Å². The molecule has 0 atom stereocenters. The number of benzene rings is 1. The molecule has 0 saturated carbocycles. The first-order valence-corrected chi connectivity index (χ1v) is 9.32. The molecule has 2 rings (SSSR count). The zero-order chi connectivity index (χ0) is 13.0. The Morgan fingerprint density at radius 1 is 0.944 bits per heavy atom. The average Bonchev–Trinajstić information content (AvgIpc) is 2.28. The van der Waals surface area contributed by atoms with E-state index in [1.807, 2.05) is 30.3 Å². The quantitative estimate of drug-likeness (QED) is 0.827. The van der Waals surface area contributed by atoms with Gasteiger partial charge in [-0.2, -0.15) is 4.98 Å². The van der Waals surface area contributed by atoms with E-state index in [9.17, 15) is 0 Å². The predicted octanol–water partition coefficient (Wildman–Crippen LogP) is 2.86. The zero-order valence-corrected chi connectivity index (χ0v) is 11.8. The fourth-order valence-electron chi connectivity index (χ4n) is 1.40. The summed E-state index contributed by atoms with van der Waals surface area (Å²) in [5, 5.41) is 3.14. The number of para-hydroxylation sites is 1. The molecule has 0 amide bonds. The molecule has 1 aromatic heterocycles. The van der Waals surface area contributed by atoms with Crippen molar-refractivity contribution in [2.75, 3.05) is 10.3 Å². The first kappa shape index (κ1) is 12.5. The number of hydrogen-bond acceptors (Lipinski definition) is 5. The van der Waals surface area contributed by atoms with E-state index < -0.39 is 8.24 Å². The van der Waals surface area contributed by atoms with Gasteiger partial charge in [-0.15, -0.1) is 0 Å². The maximum atomic E-state index is 4.34. The van der Waals surface area contributed by atoms with Gasteiger partial charge in [0.15, 0.2) is 0 Å². The molecule has 0 bridgehead atoms. The largest absolute Gasteiger partial charge is 0.380 e. The van der Waals surface area contributed by atoms with E-state index in [1.54, 1.807) is 0 Å². The Morgan fingerprint density at radius 3 is 2.28 bits per heavy atom. The molecule has 1 aromatic carbocycles. The van der Waals surface area contributed by atoms with Gasteiger partial charge in [0.2, 0.25) is 11.9 Å². The number of hydrogen-bond donors (Lipinski definition) is 2. The summed E-state index contributed by atoms with van der Waals surface area (Å²) in [5.41, 5.74) is 0.961. The Balaban J connectivity index is 2.13. The lowest BCUT2D eigenvalue weighted by Gasteiger charge is -2.17. The van der Waals surface area contributed by atoms with Gasteiger partial charge in [-0.1, -0.05) is 37.8 Å². The third-order valence-corrected chi connectivity index (χ3v) is 3.06. The summed E-state index contributed by atoms with van der Waals surface area (Å²) >= 11 is 0. The highest BCUT2D eigenvalue weighted by molar-refractivity contribution is 6.79. The van der Waals surface area contributed by atoms with Crippen molar-refractivity contribution in [1.29, 1.82) is 0 Å². The van der Waals surface area contributed by atoms with Gasteiger partial charge in [0.1, 0.15) is 14.6 Å². The molecule has 0 fully saturated rings. The van der Waals surface area contributed by atoms with E-state index in [4.69, 9.17) is 0 Å². The molecule has 0 saturated heterocycles. The van der Waals surface area contributed by atoms with Crippen molar-refractivity contribution in [3.8, 4) is 0 Å². The molecule has 18 heavy (non-hydrogen) atoms. The fraction of sp³-hybridized carbons (Fsp3) is 0.250. The Labute approximate surface area is 108 Å². The average molecular weight is 259 g/mol. The molecule has 0 spiro atoms. The maximum Gasteiger partial charge on any atom is 0.231 e. The highest BCUT2D eigenvalue weighted by Gasteiger charge is 2.14. The first-order chi connectivity index (χ1) is 8.53. The standard InChI is InChI=1S/C12H17N5Si/c1-18(2,3)17-12-14-9-13-11(16-12)15-10-7-5-4-6-8-10/h4-9H,1-3H3,(H2,13,14,15,16,17). The number of nitrogens with zero attached hydrogens (tertiary/aromatic N) is 3. The maximum absolute atomic E-state index is 4.34. The fourth-order valence-corrected chi connectivity index (χ4v) is 2.19. The van der Waals surface area contributed by atoms with Crippen LogP contribution in [0.4, 0.5) is 17.6 Å². The van der Waals surface area contributed by atoms with Gasteiger partial charge in [-0.3, -0.25) is 0 Å². The second-order valence-corrected chi connectivity index (χ2v) is 9.75. The summed E-state index contributed by atoms with van der Waals surface area (Å²) in [4.78, 5) is 15.9. The van der Waals surface area contributed by atoms with E-state index in [1.165, 1.54) is 6.33 Å². The summed E-state index contributed by atoms with van der Waals surface area (Å²) in [6, 6.07) is 9.83. The topological polar surface area (TPSA) is 62.7 Å². The predicted molar refractivity (Wildman–Crippen MR) is 76.5 cm³/mol. The molecule has 2 N–H and O–H groups in total. The highest BCUT2D eigenvalue weighted by atomic mass is 28.3. The third-order valence-electron chi connectivity index (χ3n) is 2.09. The molecular weight excluding hydrogens is 242 g/mol. The summed E-state index contributed by atoms with van der Waals surface area (Å²) in [6.07, 6.45) is 1.51. The molecule has 0 aliphatic carbocycles. The van der Waals surface area contributed by atoms with Gasteiger partial charge in [-0.05, 0) is 12.1 Å². The van der Waals surface area contributed by atoms with Crippen LogP contribution in [0, 0.1) is 0 Å². The van der Waals surface area contributed by atoms with Gasteiger partial charge in [0.05, 0.1) is 0 Å². The Bertz CT molecular complexity index is 509.